The maximum Gasteiger partial charge on any atom is 0.142 e. The largest absolute Gasteiger partial charge is 0.301 e. The van der Waals surface area contributed by atoms with Gasteiger partial charge >= 0.3 is 0 Å². The Morgan fingerprint density at radius 1 is 1.24 bits per heavy atom. The highest BCUT2D eigenvalue weighted by molar-refractivity contribution is 7.11. The minimum absolute atomic E-state index is 0.0384. The Balaban J connectivity index is 2.13. The summed E-state index contributed by atoms with van der Waals surface area (Å²) in [5.41, 5.74) is 0.692. The van der Waals surface area contributed by atoms with Gasteiger partial charge in [-0.05, 0) is 38.0 Å². The van der Waals surface area contributed by atoms with Crippen LogP contribution in [0.4, 0.5) is 4.39 Å². The predicted molar refractivity (Wildman–Crippen MR) is 87.9 cm³/mol. The minimum Gasteiger partial charge on any atom is -0.301 e. The van der Waals surface area contributed by atoms with Gasteiger partial charge in [0.1, 0.15) is 10.8 Å². The lowest BCUT2D eigenvalue weighted by Gasteiger charge is -2.20. The summed E-state index contributed by atoms with van der Waals surface area (Å²) in [6, 6.07) is 2.79. The van der Waals surface area contributed by atoms with Crippen molar-refractivity contribution < 1.29 is 4.39 Å². The molecule has 2 aromatic rings. The van der Waals surface area contributed by atoms with E-state index in [0.717, 1.165) is 11.4 Å². The van der Waals surface area contributed by atoms with Gasteiger partial charge in [-0.3, -0.25) is 0 Å². The average Bonchev–Trinajstić information content (AvgIpc) is 2.91. The summed E-state index contributed by atoms with van der Waals surface area (Å²) in [6.07, 6.45) is 2.88. The van der Waals surface area contributed by atoms with Crippen LogP contribution in [0, 0.1) is 5.82 Å². The molecule has 0 aliphatic carbocycles. The second-order valence-electron chi connectivity index (χ2n) is 4.92. The van der Waals surface area contributed by atoms with Crippen LogP contribution in [-0.2, 0) is 6.42 Å². The van der Waals surface area contributed by atoms with Crippen LogP contribution in [0.25, 0.3) is 0 Å². The van der Waals surface area contributed by atoms with Crippen molar-refractivity contribution in [3.8, 4) is 0 Å². The van der Waals surface area contributed by atoms with Crippen molar-refractivity contribution in [2.24, 2.45) is 0 Å². The molecule has 0 amide bonds. The smallest absolute Gasteiger partial charge is 0.142 e. The highest BCUT2D eigenvalue weighted by atomic mass is 35.5. The molecule has 0 aliphatic heterocycles. The number of thiazole rings is 1. The van der Waals surface area contributed by atoms with E-state index in [4.69, 9.17) is 23.2 Å². The minimum atomic E-state index is -0.458. The first-order chi connectivity index (χ1) is 9.92. The zero-order chi connectivity index (χ0) is 15.6. The molecule has 114 valence electrons. The topological polar surface area (TPSA) is 24.9 Å². The molecule has 2 rings (SSSR count). The molecule has 0 radical (unpaired) electrons. The molecule has 0 spiro atoms. The molecule has 6 heteroatoms. The summed E-state index contributed by atoms with van der Waals surface area (Å²) in [7, 11) is 0. The number of aromatic nitrogens is 1. The summed E-state index contributed by atoms with van der Waals surface area (Å²) in [6.45, 7) is 6.09. The van der Waals surface area contributed by atoms with E-state index >= 15 is 0 Å². The van der Waals surface area contributed by atoms with E-state index < -0.39 is 5.82 Å². The fraction of sp³-hybridized carbons (Fsp3) is 0.400. The lowest BCUT2D eigenvalue weighted by molar-refractivity contribution is 0.490. The van der Waals surface area contributed by atoms with Crippen molar-refractivity contribution in [3.63, 3.8) is 0 Å². The van der Waals surface area contributed by atoms with Crippen LogP contribution in [0.2, 0.25) is 10.0 Å². The number of nitrogens with one attached hydrogen (secondary N) is 1. The fourth-order valence-corrected chi connectivity index (χ4v) is 3.51. The quantitative estimate of drug-likeness (QED) is 0.716. The van der Waals surface area contributed by atoms with Crippen LogP contribution in [0.5, 0.6) is 0 Å². The highest BCUT2D eigenvalue weighted by Crippen LogP contribution is 2.30. The lowest BCUT2D eigenvalue weighted by Crippen LogP contribution is -2.22. The monoisotopic (exact) mass is 346 g/mol. The molecule has 0 saturated carbocycles. The van der Waals surface area contributed by atoms with Crippen molar-refractivity contribution in [2.75, 3.05) is 0 Å². The van der Waals surface area contributed by atoms with Crippen LogP contribution in [0.1, 0.15) is 48.3 Å². The van der Waals surface area contributed by atoms with Gasteiger partial charge in [-0.2, -0.15) is 0 Å². The molecule has 1 heterocycles. The second-order valence-corrected chi connectivity index (χ2v) is 6.88. The van der Waals surface area contributed by atoms with E-state index in [2.05, 4.69) is 17.2 Å². The zero-order valence-corrected chi connectivity index (χ0v) is 14.4. The Hall–Kier alpha value is -0.680. The predicted octanol–water partition coefficient (Wildman–Crippen LogP) is 5.56. The Morgan fingerprint density at radius 2 is 1.95 bits per heavy atom. The number of hydrogen-bond acceptors (Lipinski definition) is 3. The van der Waals surface area contributed by atoms with Gasteiger partial charge in [-0.1, -0.05) is 30.1 Å². The zero-order valence-electron chi connectivity index (χ0n) is 12.1. The number of rotatable bonds is 5. The molecule has 1 N–H and O–H groups in total. The van der Waals surface area contributed by atoms with Crippen molar-refractivity contribution in [2.45, 2.75) is 39.3 Å². The maximum atomic E-state index is 13.6. The van der Waals surface area contributed by atoms with E-state index in [0.29, 0.717) is 10.6 Å². The molecule has 0 fully saturated rings. The van der Waals surface area contributed by atoms with Crippen LogP contribution < -0.4 is 5.32 Å². The molecule has 0 saturated heterocycles. The third-order valence-electron chi connectivity index (χ3n) is 3.30. The van der Waals surface area contributed by atoms with Gasteiger partial charge in [0.25, 0.3) is 0 Å². The summed E-state index contributed by atoms with van der Waals surface area (Å²) in [5.74, 6) is -0.458. The van der Waals surface area contributed by atoms with Gasteiger partial charge in [-0.25, -0.2) is 9.37 Å². The van der Waals surface area contributed by atoms with Gasteiger partial charge in [-0.15, -0.1) is 11.3 Å². The summed E-state index contributed by atoms with van der Waals surface area (Å²) < 4.78 is 13.6. The average molecular weight is 347 g/mol. The van der Waals surface area contributed by atoms with Gasteiger partial charge in [0.15, 0.2) is 0 Å². The highest BCUT2D eigenvalue weighted by Gasteiger charge is 2.17. The van der Waals surface area contributed by atoms with Crippen LogP contribution in [0.15, 0.2) is 18.3 Å². The molecule has 21 heavy (non-hydrogen) atoms. The van der Waals surface area contributed by atoms with E-state index in [9.17, 15) is 4.39 Å². The Labute approximate surface area is 138 Å². The van der Waals surface area contributed by atoms with Crippen molar-refractivity contribution in [1.82, 2.24) is 10.3 Å². The van der Waals surface area contributed by atoms with Gasteiger partial charge in [0.05, 0.1) is 11.1 Å². The number of nitrogens with zero attached hydrogens (tertiary/aromatic N) is 1. The second kappa shape index (κ2) is 7.05. The van der Waals surface area contributed by atoms with Gasteiger partial charge in [0, 0.05) is 22.1 Å². The van der Waals surface area contributed by atoms with E-state index in [1.54, 1.807) is 11.3 Å². The molecular formula is C15H17Cl2FN2S. The number of hydrogen-bond donors (Lipinski definition) is 1. The molecule has 0 aliphatic rings. The number of benzene rings is 1. The third-order valence-corrected chi connectivity index (χ3v) is 5.24. The Kier molecular flexibility index (Phi) is 5.60. The third kappa shape index (κ3) is 3.95. The molecule has 2 nitrogen and oxygen atoms in total. The first-order valence-corrected chi connectivity index (χ1v) is 8.34. The fourth-order valence-electron chi connectivity index (χ4n) is 2.09. The Morgan fingerprint density at radius 3 is 2.57 bits per heavy atom. The molecule has 2 atom stereocenters. The summed E-state index contributed by atoms with van der Waals surface area (Å²) in [5, 5.41) is 4.91. The molecule has 1 aromatic carbocycles. The van der Waals surface area contributed by atoms with Crippen molar-refractivity contribution >= 4 is 34.5 Å². The molecular weight excluding hydrogens is 330 g/mol. The van der Waals surface area contributed by atoms with E-state index in [1.807, 2.05) is 20.0 Å². The normalized spacial score (nSPS) is 14.2. The summed E-state index contributed by atoms with van der Waals surface area (Å²) >= 11 is 13.6. The lowest BCUT2D eigenvalue weighted by atomic mass is 10.1. The first-order valence-electron chi connectivity index (χ1n) is 6.77. The van der Waals surface area contributed by atoms with E-state index in [1.165, 1.54) is 17.0 Å². The maximum absolute atomic E-state index is 13.6. The van der Waals surface area contributed by atoms with Crippen molar-refractivity contribution in [1.29, 1.82) is 0 Å². The molecule has 1 aromatic heterocycles. The number of aryl methyl sites for hydroxylation is 1. The molecule has 2 unspecified atom stereocenters. The Bertz CT molecular complexity index is 630. The van der Waals surface area contributed by atoms with Gasteiger partial charge in [0.2, 0.25) is 0 Å². The van der Waals surface area contributed by atoms with Gasteiger partial charge < -0.3 is 5.32 Å². The standard InChI is InChI=1S/C15H17Cl2FN2S/c1-4-10-7-19-15(21-10)9(3)20-8(2)11-5-14(18)13(17)6-12(11)16/h5-9,20H,4H2,1-3H3. The van der Waals surface area contributed by atoms with Crippen LogP contribution >= 0.6 is 34.5 Å². The van der Waals surface area contributed by atoms with Crippen LogP contribution in [0.3, 0.4) is 0 Å². The SMILES string of the molecule is CCc1cnc(C(C)NC(C)c2cc(F)c(Cl)cc2Cl)s1. The van der Waals surface area contributed by atoms with Crippen LogP contribution in [-0.4, -0.2) is 4.98 Å². The summed E-state index contributed by atoms with van der Waals surface area (Å²) in [4.78, 5) is 5.67. The van der Waals surface area contributed by atoms with Crippen molar-refractivity contribution in [3.05, 3.63) is 49.6 Å². The first kappa shape index (κ1) is 16.7. The number of halogens is 3. The van der Waals surface area contributed by atoms with E-state index in [-0.39, 0.29) is 17.1 Å². The molecule has 0 bridgehead atoms.